The fourth-order valence-electron chi connectivity index (χ4n) is 2.48. The topological polar surface area (TPSA) is 127 Å². The van der Waals surface area contributed by atoms with Gasteiger partial charge < -0.3 is 16.8 Å². The molecule has 0 unspecified atom stereocenters. The van der Waals surface area contributed by atoms with Crippen LogP contribution in [0.4, 0.5) is 17.2 Å². The maximum absolute atomic E-state index is 12.3. The van der Waals surface area contributed by atoms with Crippen molar-refractivity contribution in [2.75, 3.05) is 22.5 Å². The number of benzene rings is 2. The molecule has 1 aromatic heterocycles. The van der Waals surface area contributed by atoms with E-state index in [0.29, 0.717) is 6.42 Å². The van der Waals surface area contributed by atoms with Crippen LogP contribution in [0.2, 0.25) is 0 Å². The van der Waals surface area contributed by atoms with Gasteiger partial charge in [0.25, 0.3) is 5.56 Å². The van der Waals surface area contributed by atoms with Gasteiger partial charge in [-0.3, -0.25) is 14.6 Å². The van der Waals surface area contributed by atoms with E-state index in [1.807, 2.05) is 54.6 Å². The van der Waals surface area contributed by atoms with Crippen LogP contribution in [0.15, 0.2) is 64.5 Å². The molecular formula is C19H19N5O2S. The van der Waals surface area contributed by atoms with Gasteiger partial charge in [-0.2, -0.15) is 0 Å². The number of aromatic amines is 1. The minimum absolute atomic E-state index is 0.0464. The molecule has 0 aliphatic heterocycles. The SMILES string of the molecule is Nc1nc(SCC(=O)Nc2ccccc2Cc2ccccc2)[nH]c(=O)c1N. The summed E-state index contributed by atoms with van der Waals surface area (Å²) in [6, 6.07) is 17.7. The first kappa shape index (κ1) is 18.5. The van der Waals surface area contributed by atoms with Crippen molar-refractivity contribution in [3.63, 3.8) is 0 Å². The molecule has 27 heavy (non-hydrogen) atoms. The van der Waals surface area contributed by atoms with Gasteiger partial charge in [-0.05, 0) is 23.6 Å². The Morgan fingerprint density at radius 3 is 2.52 bits per heavy atom. The van der Waals surface area contributed by atoms with Crippen molar-refractivity contribution in [3.05, 3.63) is 76.1 Å². The minimum Gasteiger partial charge on any atom is -0.391 e. The highest BCUT2D eigenvalue weighted by molar-refractivity contribution is 7.99. The molecule has 1 heterocycles. The Bertz CT molecular complexity index is 1000. The summed E-state index contributed by atoms with van der Waals surface area (Å²) in [5.41, 5.74) is 13.3. The zero-order valence-corrected chi connectivity index (χ0v) is 15.3. The van der Waals surface area contributed by atoms with Crippen LogP contribution >= 0.6 is 11.8 Å². The Labute approximate surface area is 160 Å². The van der Waals surface area contributed by atoms with Crippen LogP contribution in [-0.2, 0) is 11.2 Å². The summed E-state index contributed by atoms with van der Waals surface area (Å²) in [5.74, 6) is -0.181. The number of thioether (sulfide) groups is 1. The normalized spacial score (nSPS) is 10.5. The van der Waals surface area contributed by atoms with Crippen molar-refractivity contribution in [2.45, 2.75) is 11.6 Å². The molecule has 138 valence electrons. The molecule has 0 saturated heterocycles. The molecule has 0 atom stereocenters. The van der Waals surface area contributed by atoms with Crippen LogP contribution in [0.1, 0.15) is 11.1 Å². The first-order chi connectivity index (χ1) is 13.0. The second-order valence-corrected chi connectivity index (χ2v) is 6.79. The van der Waals surface area contributed by atoms with E-state index in [1.165, 1.54) is 0 Å². The maximum atomic E-state index is 12.3. The lowest BCUT2D eigenvalue weighted by atomic mass is 10.0. The highest BCUT2D eigenvalue weighted by atomic mass is 32.2. The van der Waals surface area contributed by atoms with E-state index in [9.17, 15) is 9.59 Å². The molecule has 1 amide bonds. The molecule has 3 aromatic rings. The number of nitrogens with two attached hydrogens (primary N) is 2. The number of nitrogens with zero attached hydrogens (tertiary/aromatic N) is 1. The number of hydrogen-bond donors (Lipinski definition) is 4. The summed E-state index contributed by atoms with van der Waals surface area (Å²) in [5, 5.41) is 3.16. The number of rotatable bonds is 6. The van der Waals surface area contributed by atoms with Gasteiger partial charge >= 0.3 is 0 Å². The van der Waals surface area contributed by atoms with E-state index in [4.69, 9.17) is 11.5 Å². The fraction of sp³-hybridized carbons (Fsp3) is 0.105. The molecule has 0 spiro atoms. The maximum Gasteiger partial charge on any atom is 0.276 e. The number of para-hydroxylation sites is 1. The van der Waals surface area contributed by atoms with E-state index in [0.717, 1.165) is 28.6 Å². The van der Waals surface area contributed by atoms with Crippen molar-refractivity contribution in [3.8, 4) is 0 Å². The number of carbonyl (C=O) groups is 1. The molecule has 8 heteroatoms. The van der Waals surface area contributed by atoms with Crippen LogP contribution in [-0.4, -0.2) is 21.6 Å². The molecule has 7 nitrogen and oxygen atoms in total. The van der Waals surface area contributed by atoms with Crippen LogP contribution in [0.5, 0.6) is 0 Å². The number of H-pyrrole nitrogens is 1. The van der Waals surface area contributed by atoms with Crippen LogP contribution < -0.4 is 22.3 Å². The lowest BCUT2D eigenvalue weighted by Crippen LogP contribution is -2.19. The highest BCUT2D eigenvalue weighted by Crippen LogP contribution is 2.20. The van der Waals surface area contributed by atoms with E-state index < -0.39 is 5.56 Å². The Balaban J connectivity index is 1.65. The van der Waals surface area contributed by atoms with Crippen LogP contribution in [0.3, 0.4) is 0 Å². The van der Waals surface area contributed by atoms with Crippen molar-refractivity contribution in [1.29, 1.82) is 0 Å². The van der Waals surface area contributed by atoms with Gasteiger partial charge in [0.2, 0.25) is 5.91 Å². The minimum atomic E-state index is -0.515. The Kier molecular flexibility index (Phi) is 5.77. The van der Waals surface area contributed by atoms with E-state index in [2.05, 4.69) is 15.3 Å². The molecule has 0 fully saturated rings. The van der Waals surface area contributed by atoms with Gasteiger partial charge in [0, 0.05) is 5.69 Å². The number of hydrogen-bond acceptors (Lipinski definition) is 6. The molecule has 0 aliphatic rings. The third-order valence-electron chi connectivity index (χ3n) is 3.83. The van der Waals surface area contributed by atoms with Crippen molar-refractivity contribution >= 4 is 34.9 Å². The predicted molar refractivity (Wildman–Crippen MR) is 109 cm³/mol. The second-order valence-electron chi connectivity index (χ2n) is 5.83. The average Bonchev–Trinajstić information content (AvgIpc) is 2.67. The fourth-order valence-corrected chi connectivity index (χ4v) is 3.15. The summed E-state index contributed by atoms with van der Waals surface area (Å²) in [6.07, 6.45) is 0.716. The third kappa shape index (κ3) is 4.89. The van der Waals surface area contributed by atoms with Gasteiger partial charge in [-0.1, -0.05) is 60.3 Å². The van der Waals surface area contributed by atoms with Crippen molar-refractivity contribution in [2.24, 2.45) is 0 Å². The zero-order valence-electron chi connectivity index (χ0n) is 14.4. The van der Waals surface area contributed by atoms with E-state index >= 15 is 0 Å². The number of carbonyl (C=O) groups excluding carboxylic acids is 1. The Hall–Kier alpha value is -3.26. The lowest BCUT2D eigenvalue weighted by Gasteiger charge is -2.11. The number of anilines is 3. The first-order valence-corrected chi connectivity index (χ1v) is 9.21. The van der Waals surface area contributed by atoms with Crippen LogP contribution in [0, 0.1) is 0 Å². The summed E-state index contributed by atoms with van der Waals surface area (Å²) in [6.45, 7) is 0. The standard InChI is InChI=1S/C19H19N5O2S/c20-16-17(21)23-19(24-18(16)26)27-11-15(25)22-14-9-5-4-8-13(14)10-12-6-2-1-3-7-12/h1-9H,10-11,20H2,(H,22,25)(H3,21,23,24,26). The van der Waals surface area contributed by atoms with Gasteiger partial charge in [0.05, 0.1) is 5.75 Å². The van der Waals surface area contributed by atoms with Gasteiger partial charge in [-0.15, -0.1) is 0 Å². The van der Waals surface area contributed by atoms with Crippen molar-refractivity contribution in [1.82, 2.24) is 9.97 Å². The first-order valence-electron chi connectivity index (χ1n) is 8.22. The highest BCUT2D eigenvalue weighted by Gasteiger charge is 2.10. The lowest BCUT2D eigenvalue weighted by molar-refractivity contribution is -0.113. The molecule has 0 saturated carbocycles. The summed E-state index contributed by atoms with van der Waals surface area (Å²) < 4.78 is 0. The summed E-state index contributed by atoms with van der Waals surface area (Å²) in [7, 11) is 0. The van der Waals surface area contributed by atoms with E-state index in [1.54, 1.807) is 0 Å². The van der Waals surface area contributed by atoms with Gasteiger partial charge in [0.15, 0.2) is 11.0 Å². The Morgan fingerprint density at radius 1 is 1.07 bits per heavy atom. The number of aromatic nitrogens is 2. The Morgan fingerprint density at radius 2 is 1.78 bits per heavy atom. The van der Waals surface area contributed by atoms with Gasteiger partial charge in [-0.25, -0.2) is 4.98 Å². The molecule has 0 bridgehead atoms. The third-order valence-corrected chi connectivity index (χ3v) is 4.71. The molecule has 6 N–H and O–H groups in total. The van der Waals surface area contributed by atoms with E-state index in [-0.39, 0.29) is 28.3 Å². The summed E-state index contributed by atoms with van der Waals surface area (Å²) in [4.78, 5) is 30.4. The van der Waals surface area contributed by atoms with Crippen molar-refractivity contribution < 1.29 is 4.79 Å². The second kappa shape index (κ2) is 8.41. The quantitative estimate of drug-likeness (QED) is 0.383. The molecule has 0 radical (unpaired) electrons. The largest absolute Gasteiger partial charge is 0.391 e. The smallest absolute Gasteiger partial charge is 0.276 e. The van der Waals surface area contributed by atoms with Crippen LogP contribution in [0.25, 0.3) is 0 Å². The monoisotopic (exact) mass is 381 g/mol. The number of nitrogen functional groups attached to an aromatic ring is 2. The molecule has 0 aliphatic carbocycles. The zero-order chi connectivity index (χ0) is 19.2. The molecular weight excluding hydrogens is 362 g/mol. The molecule has 3 rings (SSSR count). The number of amides is 1. The molecule has 2 aromatic carbocycles. The van der Waals surface area contributed by atoms with Gasteiger partial charge in [0.1, 0.15) is 5.69 Å². The number of nitrogens with one attached hydrogen (secondary N) is 2. The average molecular weight is 381 g/mol. The predicted octanol–water partition coefficient (Wildman–Crippen LogP) is 2.26. The summed E-state index contributed by atoms with van der Waals surface area (Å²) >= 11 is 1.08.